The topological polar surface area (TPSA) is 63.3 Å². The van der Waals surface area contributed by atoms with E-state index >= 15 is 0 Å². The molecule has 0 saturated heterocycles. The molecule has 0 aliphatic rings. The molecular weight excluding hydrogens is 226 g/mol. The number of benzene rings is 1. The van der Waals surface area contributed by atoms with E-state index in [2.05, 4.69) is 0 Å². The average molecular weight is 244 g/mol. The summed E-state index contributed by atoms with van der Waals surface area (Å²) in [5.41, 5.74) is 6.96. The summed E-state index contributed by atoms with van der Waals surface area (Å²) < 4.78 is 0. The van der Waals surface area contributed by atoms with Crippen LogP contribution in [0.1, 0.15) is 26.3 Å². The number of halogens is 1. The van der Waals surface area contributed by atoms with Crippen LogP contribution in [0.25, 0.3) is 0 Å². The van der Waals surface area contributed by atoms with E-state index in [1.54, 1.807) is 0 Å². The third kappa shape index (κ3) is 9.49. The highest BCUT2D eigenvalue weighted by Gasteiger charge is 2.10. The Morgan fingerprint density at radius 1 is 1.38 bits per heavy atom. The molecule has 3 N–H and O–H groups in total. The number of carboxylic acid groups (broad SMARTS) is 1. The molecule has 1 aromatic carbocycles. The summed E-state index contributed by atoms with van der Waals surface area (Å²) in [5.74, 6) is -0.833. The maximum Gasteiger partial charge on any atom is 0.300 e. The van der Waals surface area contributed by atoms with Crippen LogP contribution >= 0.6 is 11.6 Å². The lowest BCUT2D eigenvalue weighted by Crippen LogP contribution is -2.34. The van der Waals surface area contributed by atoms with Gasteiger partial charge in [-0.1, -0.05) is 23.7 Å². The number of hydrogen-bond donors (Lipinski definition) is 2. The Morgan fingerprint density at radius 2 is 1.75 bits per heavy atom. The first-order valence-electron chi connectivity index (χ1n) is 4.93. The van der Waals surface area contributed by atoms with Gasteiger partial charge in [0.25, 0.3) is 5.97 Å². The maximum absolute atomic E-state index is 9.00. The van der Waals surface area contributed by atoms with E-state index in [1.807, 2.05) is 38.1 Å². The number of carbonyl (C=O) groups is 1. The van der Waals surface area contributed by atoms with Crippen molar-refractivity contribution in [1.29, 1.82) is 0 Å². The minimum atomic E-state index is -0.833. The summed E-state index contributed by atoms with van der Waals surface area (Å²) in [7, 11) is 0. The highest BCUT2D eigenvalue weighted by Crippen LogP contribution is 2.13. The largest absolute Gasteiger partial charge is 0.481 e. The fraction of sp³-hybridized carbons (Fsp3) is 0.417. The van der Waals surface area contributed by atoms with Crippen LogP contribution < -0.4 is 5.73 Å². The van der Waals surface area contributed by atoms with Crippen LogP contribution in [-0.2, 0) is 11.2 Å². The standard InChI is InChI=1S/C10H14ClN.C2H4O2/c1-10(2,12)7-8-3-5-9(11)6-4-8;1-2(3)4/h3-6H,7,12H2,1-2H3;1H3,(H,3,4). The number of carboxylic acids is 1. The van der Waals surface area contributed by atoms with Gasteiger partial charge in [-0.2, -0.15) is 0 Å². The Balaban J connectivity index is 0.000000487. The van der Waals surface area contributed by atoms with Crippen LogP contribution in [0, 0.1) is 0 Å². The van der Waals surface area contributed by atoms with E-state index in [1.165, 1.54) is 5.56 Å². The van der Waals surface area contributed by atoms with Gasteiger partial charge in [-0.3, -0.25) is 4.79 Å². The van der Waals surface area contributed by atoms with Gasteiger partial charge in [0, 0.05) is 17.5 Å². The van der Waals surface area contributed by atoms with Crippen molar-refractivity contribution in [3.63, 3.8) is 0 Å². The Labute approximate surface area is 101 Å². The van der Waals surface area contributed by atoms with E-state index in [0.29, 0.717) is 0 Å². The molecule has 4 heteroatoms. The minimum Gasteiger partial charge on any atom is -0.481 e. The normalized spacial score (nSPS) is 10.3. The zero-order valence-electron chi connectivity index (χ0n) is 9.83. The molecule has 16 heavy (non-hydrogen) atoms. The third-order valence-electron chi connectivity index (χ3n) is 1.57. The first-order valence-corrected chi connectivity index (χ1v) is 5.31. The van der Waals surface area contributed by atoms with Gasteiger partial charge in [-0.05, 0) is 38.0 Å². The lowest BCUT2D eigenvalue weighted by atomic mass is 9.96. The second-order valence-electron chi connectivity index (χ2n) is 4.31. The van der Waals surface area contributed by atoms with Gasteiger partial charge in [0.05, 0.1) is 0 Å². The quantitative estimate of drug-likeness (QED) is 0.840. The molecule has 0 atom stereocenters. The molecule has 90 valence electrons. The van der Waals surface area contributed by atoms with Gasteiger partial charge >= 0.3 is 0 Å². The average Bonchev–Trinajstić information content (AvgIpc) is 2.05. The number of nitrogens with two attached hydrogens (primary N) is 1. The Morgan fingerprint density at radius 3 is 2.06 bits per heavy atom. The van der Waals surface area contributed by atoms with Gasteiger partial charge in [0.1, 0.15) is 0 Å². The molecule has 0 spiro atoms. The molecular formula is C12H18ClNO2. The van der Waals surface area contributed by atoms with E-state index in [4.69, 9.17) is 27.2 Å². The molecule has 0 unspecified atom stereocenters. The Kier molecular flexibility index (Phi) is 6.08. The zero-order chi connectivity index (χ0) is 12.8. The fourth-order valence-corrected chi connectivity index (χ4v) is 1.25. The second-order valence-corrected chi connectivity index (χ2v) is 4.75. The highest BCUT2D eigenvalue weighted by atomic mass is 35.5. The molecule has 0 amide bonds. The number of rotatable bonds is 2. The van der Waals surface area contributed by atoms with Gasteiger partial charge in [0.15, 0.2) is 0 Å². The summed E-state index contributed by atoms with van der Waals surface area (Å²) in [4.78, 5) is 9.00. The van der Waals surface area contributed by atoms with Crippen LogP contribution in [0.4, 0.5) is 0 Å². The van der Waals surface area contributed by atoms with Gasteiger partial charge in [-0.15, -0.1) is 0 Å². The lowest BCUT2D eigenvalue weighted by molar-refractivity contribution is -0.134. The van der Waals surface area contributed by atoms with Crippen molar-refractivity contribution in [2.45, 2.75) is 32.7 Å². The molecule has 0 aliphatic carbocycles. The van der Waals surface area contributed by atoms with Crippen molar-refractivity contribution in [3.05, 3.63) is 34.9 Å². The van der Waals surface area contributed by atoms with Crippen LogP contribution in [-0.4, -0.2) is 16.6 Å². The molecule has 0 aromatic heterocycles. The molecule has 0 fully saturated rings. The van der Waals surface area contributed by atoms with Crippen molar-refractivity contribution in [2.75, 3.05) is 0 Å². The SMILES string of the molecule is CC(=O)O.CC(C)(N)Cc1ccc(Cl)cc1. The minimum absolute atomic E-state index is 0.145. The number of hydrogen-bond acceptors (Lipinski definition) is 2. The summed E-state index contributed by atoms with van der Waals surface area (Å²) >= 11 is 5.75. The van der Waals surface area contributed by atoms with Gasteiger partial charge in [0.2, 0.25) is 0 Å². The van der Waals surface area contributed by atoms with Crippen molar-refractivity contribution < 1.29 is 9.90 Å². The zero-order valence-corrected chi connectivity index (χ0v) is 10.6. The van der Waals surface area contributed by atoms with E-state index < -0.39 is 5.97 Å². The summed E-state index contributed by atoms with van der Waals surface area (Å²) in [6.07, 6.45) is 0.879. The molecule has 0 heterocycles. The number of aliphatic carboxylic acids is 1. The predicted octanol–water partition coefficient (Wildman–Crippen LogP) is 2.71. The Bertz CT molecular complexity index is 324. The molecule has 1 rings (SSSR count). The smallest absolute Gasteiger partial charge is 0.300 e. The lowest BCUT2D eigenvalue weighted by Gasteiger charge is -2.18. The van der Waals surface area contributed by atoms with Crippen molar-refractivity contribution in [2.24, 2.45) is 5.73 Å². The van der Waals surface area contributed by atoms with Crippen molar-refractivity contribution in [1.82, 2.24) is 0 Å². The van der Waals surface area contributed by atoms with Gasteiger partial charge < -0.3 is 10.8 Å². The first-order chi connectivity index (χ1) is 7.20. The highest BCUT2D eigenvalue weighted by molar-refractivity contribution is 6.30. The summed E-state index contributed by atoms with van der Waals surface area (Å²) in [5, 5.41) is 8.19. The summed E-state index contributed by atoms with van der Waals surface area (Å²) in [6, 6.07) is 7.80. The first kappa shape index (κ1) is 14.9. The van der Waals surface area contributed by atoms with Crippen LogP contribution in [0.15, 0.2) is 24.3 Å². The van der Waals surface area contributed by atoms with E-state index in [-0.39, 0.29) is 5.54 Å². The molecule has 0 aliphatic heterocycles. The predicted molar refractivity (Wildman–Crippen MR) is 66.7 cm³/mol. The molecule has 1 aromatic rings. The molecule has 0 bridgehead atoms. The fourth-order valence-electron chi connectivity index (χ4n) is 1.13. The third-order valence-corrected chi connectivity index (χ3v) is 1.82. The van der Waals surface area contributed by atoms with Crippen LogP contribution in [0.5, 0.6) is 0 Å². The maximum atomic E-state index is 9.00. The van der Waals surface area contributed by atoms with E-state index in [0.717, 1.165) is 18.4 Å². The molecule has 0 radical (unpaired) electrons. The van der Waals surface area contributed by atoms with Crippen LogP contribution in [0.2, 0.25) is 5.02 Å². The van der Waals surface area contributed by atoms with Gasteiger partial charge in [-0.25, -0.2) is 0 Å². The van der Waals surface area contributed by atoms with E-state index in [9.17, 15) is 0 Å². The monoisotopic (exact) mass is 243 g/mol. The van der Waals surface area contributed by atoms with Crippen molar-refractivity contribution >= 4 is 17.6 Å². The van der Waals surface area contributed by atoms with Crippen molar-refractivity contribution in [3.8, 4) is 0 Å². The van der Waals surface area contributed by atoms with Crippen LogP contribution in [0.3, 0.4) is 0 Å². The summed E-state index contributed by atoms with van der Waals surface area (Å²) in [6.45, 7) is 5.11. The Hall–Kier alpha value is -1.06. The molecule has 0 saturated carbocycles. The molecule has 3 nitrogen and oxygen atoms in total. The second kappa shape index (κ2) is 6.51.